The van der Waals surface area contributed by atoms with Gasteiger partial charge in [0.2, 0.25) is 5.91 Å². The van der Waals surface area contributed by atoms with Crippen LogP contribution < -0.4 is 5.56 Å². The SMILES string of the molecule is CC(=O)N1N=C(c2c(-c3ccccc3)c3cc(Cl)ccc3[nH]c2=O)C[C@@H]1c1ccccc1O. The predicted molar refractivity (Wildman–Crippen MR) is 130 cm³/mol. The Balaban J connectivity index is 1.76. The Morgan fingerprint density at radius 2 is 1.79 bits per heavy atom. The molecule has 6 nitrogen and oxygen atoms in total. The van der Waals surface area contributed by atoms with Gasteiger partial charge >= 0.3 is 0 Å². The molecule has 1 aliphatic heterocycles. The number of hydrazone groups is 1. The molecule has 33 heavy (non-hydrogen) atoms. The minimum absolute atomic E-state index is 0.0766. The number of pyridine rings is 1. The van der Waals surface area contributed by atoms with E-state index in [0.29, 0.717) is 32.9 Å². The zero-order valence-electron chi connectivity index (χ0n) is 17.7. The second-order valence-corrected chi connectivity index (χ2v) is 8.39. The average Bonchev–Trinajstić information content (AvgIpc) is 3.24. The van der Waals surface area contributed by atoms with Crippen molar-refractivity contribution in [3.63, 3.8) is 0 Å². The highest BCUT2D eigenvalue weighted by Crippen LogP contribution is 2.39. The van der Waals surface area contributed by atoms with E-state index in [4.69, 9.17) is 11.6 Å². The van der Waals surface area contributed by atoms with Crippen LogP contribution in [0.1, 0.15) is 30.5 Å². The zero-order valence-corrected chi connectivity index (χ0v) is 18.5. The molecule has 0 spiro atoms. The molecule has 0 saturated carbocycles. The molecule has 0 fully saturated rings. The number of rotatable bonds is 3. The van der Waals surface area contributed by atoms with E-state index in [2.05, 4.69) is 10.1 Å². The molecule has 0 aliphatic carbocycles. The van der Waals surface area contributed by atoms with Crippen LogP contribution in [0.5, 0.6) is 5.75 Å². The van der Waals surface area contributed by atoms with Crippen LogP contribution in [0, 0.1) is 0 Å². The maximum absolute atomic E-state index is 13.4. The van der Waals surface area contributed by atoms with Crippen LogP contribution in [-0.2, 0) is 4.79 Å². The largest absolute Gasteiger partial charge is 0.508 e. The van der Waals surface area contributed by atoms with E-state index >= 15 is 0 Å². The second kappa shape index (κ2) is 8.22. The third-order valence-electron chi connectivity index (χ3n) is 5.86. The fourth-order valence-electron chi connectivity index (χ4n) is 4.41. The normalized spacial score (nSPS) is 15.6. The molecular formula is C26H20ClN3O3. The fraction of sp³-hybridized carbons (Fsp3) is 0.115. The Morgan fingerprint density at radius 1 is 1.06 bits per heavy atom. The van der Waals surface area contributed by atoms with E-state index in [1.54, 1.807) is 36.4 Å². The highest BCUT2D eigenvalue weighted by atomic mass is 35.5. The van der Waals surface area contributed by atoms with Crippen LogP contribution in [-0.4, -0.2) is 26.7 Å². The van der Waals surface area contributed by atoms with Crippen molar-refractivity contribution in [2.45, 2.75) is 19.4 Å². The van der Waals surface area contributed by atoms with Crippen molar-refractivity contribution in [2.24, 2.45) is 5.10 Å². The minimum Gasteiger partial charge on any atom is -0.508 e. The van der Waals surface area contributed by atoms with E-state index < -0.39 is 6.04 Å². The predicted octanol–water partition coefficient (Wildman–Crippen LogP) is 5.25. The van der Waals surface area contributed by atoms with Crippen molar-refractivity contribution in [3.8, 4) is 16.9 Å². The minimum atomic E-state index is -0.517. The molecule has 1 amide bonds. The Labute approximate surface area is 194 Å². The molecule has 0 bridgehead atoms. The van der Waals surface area contributed by atoms with Crippen molar-refractivity contribution >= 4 is 34.1 Å². The highest BCUT2D eigenvalue weighted by Gasteiger charge is 2.35. The number of hydrogen-bond acceptors (Lipinski definition) is 4. The van der Waals surface area contributed by atoms with Gasteiger partial charge in [-0.25, -0.2) is 5.01 Å². The van der Waals surface area contributed by atoms with Gasteiger partial charge in [-0.1, -0.05) is 60.1 Å². The monoisotopic (exact) mass is 457 g/mol. The van der Waals surface area contributed by atoms with E-state index in [-0.39, 0.29) is 23.6 Å². The van der Waals surface area contributed by atoms with Crippen molar-refractivity contribution in [1.82, 2.24) is 9.99 Å². The molecule has 1 atom stereocenters. The van der Waals surface area contributed by atoms with Gasteiger partial charge in [0, 0.05) is 40.4 Å². The summed E-state index contributed by atoms with van der Waals surface area (Å²) < 4.78 is 0. The van der Waals surface area contributed by atoms with Gasteiger partial charge in [-0.3, -0.25) is 9.59 Å². The smallest absolute Gasteiger partial charge is 0.258 e. The second-order valence-electron chi connectivity index (χ2n) is 7.95. The lowest BCUT2D eigenvalue weighted by Gasteiger charge is -2.21. The number of halogens is 1. The maximum Gasteiger partial charge on any atom is 0.258 e. The summed E-state index contributed by atoms with van der Waals surface area (Å²) in [5.74, 6) is -0.201. The molecule has 2 N–H and O–H groups in total. The van der Waals surface area contributed by atoms with Crippen LogP contribution in [0.3, 0.4) is 0 Å². The lowest BCUT2D eigenvalue weighted by atomic mass is 9.91. The molecule has 0 radical (unpaired) electrons. The fourth-order valence-corrected chi connectivity index (χ4v) is 4.58. The maximum atomic E-state index is 13.4. The van der Waals surface area contributed by atoms with Gasteiger partial charge in [-0.15, -0.1) is 0 Å². The van der Waals surface area contributed by atoms with Gasteiger partial charge in [0.25, 0.3) is 5.56 Å². The number of phenolic OH excluding ortho intramolecular Hbond substituents is 1. The first-order valence-corrected chi connectivity index (χ1v) is 10.9. The third kappa shape index (κ3) is 3.68. The molecule has 4 aromatic rings. The highest BCUT2D eigenvalue weighted by molar-refractivity contribution is 6.31. The van der Waals surface area contributed by atoms with Gasteiger partial charge in [-0.2, -0.15) is 5.10 Å². The lowest BCUT2D eigenvalue weighted by Crippen LogP contribution is -2.24. The van der Waals surface area contributed by atoms with Crippen molar-refractivity contribution < 1.29 is 9.90 Å². The van der Waals surface area contributed by atoms with E-state index in [1.807, 2.05) is 36.4 Å². The number of carbonyl (C=O) groups excluding carboxylic acids is 1. The first-order valence-electron chi connectivity index (χ1n) is 10.5. The summed E-state index contributed by atoms with van der Waals surface area (Å²) >= 11 is 6.31. The molecule has 1 aromatic heterocycles. The molecule has 0 unspecified atom stereocenters. The summed E-state index contributed by atoms with van der Waals surface area (Å²) in [7, 11) is 0. The van der Waals surface area contributed by atoms with Crippen molar-refractivity contribution in [3.05, 3.63) is 99.3 Å². The summed E-state index contributed by atoms with van der Waals surface area (Å²) in [4.78, 5) is 28.7. The number of carbonyl (C=O) groups is 1. The van der Waals surface area contributed by atoms with Crippen LogP contribution >= 0.6 is 11.6 Å². The Hall–Kier alpha value is -3.90. The number of nitrogens with one attached hydrogen (secondary N) is 1. The summed E-state index contributed by atoms with van der Waals surface area (Å²) in [6, 6.07) is 21.2. The van der Waals surface area contributed by atoms with Gasteiger partial charge in [0.15, 0.2) is 0 Å². The molecular weight excluding hydrogens is 438 g/mol. The number of para-hydroxylation sites is 1. The van der Waals surface area contributed by atoms with Crippen molar-refractivity contribution in [1.29, 1.82) is 0 Å². The van der Waals surface area contributed by atoms with Crippen LogP contribution in [0.4, 0.5) is 0 Å². The summed E-state index contributed by atoms with van der Waals surface area (Å²) in [6.45, 7) is 1.42. The number of aromatic hydroxyl groups is 1. The van der Waals surface area contributed by atoms with E-state index in [1.165, 1.54) is 11.9 Å². The van der Waals surface area contributed by atoms with Crippen LogP contribution in [0.15, 0.2) is 82.7 Å². The summed E-state index contributed by atoms with van der Waals surface area (Å²) in [5, 5.41) is 17.6. The standard InChI is InChI=1S/C26H20ClN3O3/c1-15(31)30-22(18-9-5-6-10-23(18)32)14-21(29-30)25-24(16-7-3-2-4-8-16)19-13-17(27)11-12-20(19)28-26(25)33/h2-13,22,32H,14H2,1H3,(H,28,33)/t22-/m1/s1. The Morgan fingerprint density at radius 3 is 2.52 bits per heavy atom. The first kappa shape index (κ1) is 21.0. The van der Waals surface area contributed by atoms with Gasteiger partial charge in [0.1, 0.15) is 5.75 Å². The molecule has 1 aliphatic rings. The Bertz CT molecular complexity index is 1480. The molecule has 0 saturated heterocycles. The third-order valence-corrected chi connectivity index (χ3v) is 6.09. The number of aromatic amines is 1. The van der Waals surface area contributed by atoms with Gasteiger partial charge in [0.05, 0.1) is 17.3 Å². The van der Waals surface area contributed by atoms with Crippen LogP contribution in [0.2, 0.25) is 5.02 Å². The number of fused-ring (bicyclic) bond motifs is 1. The number of amides is 1. The summed E-state index contributed by atoms with van der Waals surface area (Å²) in [5.41, 5.74) is 3.34. The van der Waals surface area contributed by atoms with Crippen LogP contribution in [0.25, 0.3) is 22.0 Å². The first-order chi connectivity index (χ1) is 15.9. The number of nitrogens with zero attached hydrogens (tertiary/aromatic N) is 2. The number of aromatic nitrogens is 1. The number of hydrogen-bond donors (Lipinski definition) is 2. The molecule has 5 rings (SSSR count). The molecule has 2 heterocycles. The quantitative estimate of drug-likeness (QED) is 0.440. The zero-order chi connectivity index (χ0) is 23.1. The van der Waals surface area contributed by atoms with Gasteiger partial charge in [-0.05, 0) is 29.8 Å². The van der Waals surface area contributed by atoms with Gasteiger partial charge < -0.3 is 10.1 Å². The van der Waals surface area contributed by atoms with E-state index in [9.17, 15) is 14.7 Å². The topological polar surface area (TPSA) is 85.8 Å². The number of phenols is 1. The van der Waals surface area contributed by atoms with E-state index in [0.717, 1.165) is 10.9 Å². The lowest BCUT2D eigenvalue weighted by molar-refractivity contribution is -0.130. The number of benzene rings is 3. The number of H-pyrrole nitrogens is 1. The average molecular weight is 458 g/mol. The molecule has 164 valence electrons. The molecule has 3 aromatic carbocycles. The summed E-state index contributed by atoms with van der Waals surface area (Å²) in [6.07, 6.45) is 0.284. The molecule has 7 heteroatoms. The van der Waals surface area contributed by atoms with Crippen molar-refractivity contribution in [2.75, 3.05) is 0 Å². The Kier molecular flexibility index (Phi) is 5.23.